The zero-order chi connectivity index (χ0) is 17.7. The summed E-state index contributed by atoms with van der Waals surface area (Å²) in [4.78, 5) is 36.6. The first-order valence-corrected chi connectivity index (χ1v) is 8.22. The Bertz CT molecular complexity index is 768. The van der Waals surface area contributed by atoms with E-state index in [1.165, 1.54) is 12.1 Å². The third-order valence-electron chi connectivity index (χ3n) is 3.41. The maximum Gasteiger partial charge on any atom is 0.324 e. The standard InChI is InChI=1S/C16H17N3O4S/c1-3-18(4-2)16(21)11-6-5-7-12(10-11)17-15(20)13-8-9-14(24-13)19(22)23/h5-10H,3-4H2,1-2H3,(H,17,20). The first-order valence-electron chi connectivity index (χ1n) is 7.41. The van der Waals surface area contributed by atoms with Crippen LogP contribution in [-0.2, 0) is 0 Å². The Morgan fingerprint density at radius 2 is 1.92 bits per heavy atom. The van der Waals surface area contributed by atoms with Crippen LogP contribution in [-0.4, -0.2) is 34.7 Å². The molecule has 1 N–H and O–H groups in total. The second-order valence-electron chi connectivity index (χ2n) is 4.91. The third kappa shape index (κ3) is 3.96. The molecule has 7 nitrogen and oxygen atoms in total. The van der Waals surface area contributed by atoms with Gasteiger partial charge in [0, 0.05) is 30.4 Å². The van der Waals surface area contributed by atoms with Gasteiger partial charge >= 0.3 is 5.00 Å². The number of hydrogen-bond donors (Lipinski definition) is 1. The van der Waals surface area contributed by atoms with E-state index in [1.807, 2.05) is 13.8 Å². The normalized spacial score (nSPS) is 10.2. The highest BCUT2D eigenvalue weighted by Crippen LogP contribution is 2.25. The van der Waals surface area contributed by atoms with E-state index in [0.717, 1.165) is 11.3 Å². The molecule has 0 aliphatic carbocycles. The Morgan fingerprint density at radius 3 is 2.50 bits per heavy atom. The predicted octanol–water partition coefficient (Wildman–Crippen LogP) is 3.39. The summed E-state index contributed by atoms with van der Waals surface area (Å²) in [6.07, 6.45) is 0. The van der Waals surface area contributed by atoms with Gasteiger partial charge in [-0.15, -0.1) is 0 Å². The van der Waals surface area contributed by atoms with Crippen LogP contribution in [0.1, 0.15) is 33.9 Å². The summed E-state index contributed by atoms with van der Waals surface area (Å²) in [5.74, 6) is -0.552. The SMILES string of the molecule is CCN(CC)C(=O)c1cccc(NC(=O)c2ccc([N+](=O)[O-])s2)c1. The molecule has 24 heavy (non-hydrogen) atoms. The van der Waals surface area contributed by atoms with Gasteiger partial charge in [-0.1, -0.05) is 17.4 Å². The molecule has 0 radical (unpaired) electrons. The number of amides is 2. The van der Waals surface area contributed by atoms with Crippen LogP contribution in [0.4, 0.5) is 10.7 Å². The molecule has 0 bridgehead atoms. The summed E-state index contributed by atoms with van der Waals surface area (Å²) in [5.41, 5.74) is 0.947. The number of nitro groups is 1. The summed E-state index contributed by atoms with van der Waals surface area (Å²) < 4.78 is 0. The van der Waals surface area contributed by atoms with Crippen molar-refractivity contribution in [2.45, 2.75) is 13.8 Å². The van der Waals surface area contributed by atoms with E-state index < -0.39 is 10.8 Å². The average Bonchev–Trinajstić information content (AvgIpc) is 3.06. The lowest BCUT2D eigenvalue weighted by molar-refractivity contribution is -0.380. The summed E-state index contributed by atoms with van der Waals surface area (Å²) in [5, 5.41) is 13.2. The van der Waals surface area contributed by atoms with Crippen molar-refractivity contribution in [1.82, 2.24) is 4.90 Å². The minimum Gasteiger partial charge on any atom is -0.339 e. The van der Waals surface area contributed by atoms with Crippen LogP contribution >= 0.6 is 11.3 Å². The number of carbonyl (C=O) groups is 2. The average molecular weight is 347 g/mol. The van der Waals surface area contributed by atoms with Gasteiger partial charge in [-0.3, -0.25) is 19.7 Å². The Labute approximate surface area is 143 Å². The van der Waals surface area contributed by atoms with Crippen LogP contribution in [0.5, 0.6) is 0 Å². The molecule has 0 saturated carbocycles. The summed E-state index contributed by atoms with van der Waals surface area (Å²) in [7, 11) is 0. The Hall–Kier alpha value is -2.74. The smallest absolute Gasteiger partial charge is 0.324 e. The molecule has 0 spiro atoms. The predicted molar refractivity (Wildman–Crippen MR) is 92.6 cm³/mol. The minimum absolute atomic E-state index is 0.0920. The van der Waals surface area contributed by atoms with Crippen molar-refractivity contribution in [3.63, 3.8) is 0 Å². The molecule has 0 unspecified atom stereocenters. The maximum atomic E-state index is 12.3. The highest BCUT2D eigenvalue weighted by Gasteiger charge is 2.17. The molecule has 1 aromatic carbocycles. The maximum absolute atomic E-state index is 12.3. The highest BCUT2D eigenvalue weighted by atomic mass is 32.1. The van der Waals surface area contributed by atoms with Gasteiger partial charge in [0.1, 0.15) is 0 Å². The van der Waals surface area contributed by atoms with E-state index in [1.54, 1.807) is 29.2 Å². The van der Waals surface area contributed by atoms with Gasteiger partial charge in [-0.25, -0.2) is 0 Å². The van der Waals surface area contributed by atoms with Crippen molar-refractivity contribution in [2.24, 2.45) is 0 Å². The second kappa shape index (κ2) is 7.69. The molecule has 0 atom stereocenters. The van der Waals surface area contributed by atoms with E-state index in [0.29, 0.717) is 24.3 Å². The number of nitrogens with one attached hydrogen (secondary N) is 1. The monoisotopic (exact) mass is 347 g/mol. The van der Waals surface area contributed by atoms with Crippen LogP contribution in [0.2, 0.25) is 0 Å². The van der Waals surface area contributed by atoms with Gasteiger partial charge in [0.05, 0.1) is 9.80 Å². The van der Waals surface area contributed by atoms with Crippen LogP contribution in [0, 0.1) is 10.1 Å². The molecule has 2 aromatic rings. The molecule has 2 amide bonds. The zero-order valence-corrected chi connectivity index (χ0v) is 14.1. The summed E-state index contributed by atoms with van der Waals surface area (Å²) in [6, 6.07) is 9.33. The molecular formula is C16H17N3O4S. The van der Waals surface area contributed by atoms with Crippen LogP contribution < -0.4 is 5.32 Å². The van der Waals surface area contributed by atoms with Crippen LogP contribution in [0.3, 0.4) is 0 Å². The highest BCUT2D eigenvalue weighted by molar-refractivity contribution is 7.17. The molecule has 8 heteroatoms. The number of thiophene rings is 1. The molecule has 0 fully saturated rings. The van der Waals surface area contributed by atoms with E-state index in [-0.39, 0.29) is 15.8 Å². The number of benzene rings is 1. The minimum atomic E-state index is -0.537. The van der Waals surface area contributed by atoms with E-state index in [9.17, 15) is 19.7 Å². The van der Waals surface area contributed by atoms with Crippen molar-refractivity contribution in [2.75, 3.05) is 18.4 Å². The van der Waals surface area contributed by atoms with Crippen molar-refractivity contribution >= 4 is 33.8 Å². The van der Waals surface area contributed by atoms with Crippen molar-refractivity contribution < 1.29 is 14.5 Å². The lowest BCUT2D eigenvalue weighted by Crippen LogP contribution is -2.30. The largest absolute Gasteiger partial charge is 0.339 e. The number of carbonyl (C=O) groups excluding carboxylic acids is 2. The summed E-state index contributed by atoms with van der Waals surface area (Å²) >= 11 is 0.805. The molecule has 2 rings (SSSR count). The lowest BCUT2D eigenvalue weighted by atomic mass is 10.1. The molecule has 1 heterocycles. The van der Waals surface area contributed by atoms with E-state index in [4.69, 9.17) is 0 Å². The van der Waals surface area contributed by atoms with Crippen molar-refractivity contribution in [3.05, 3.63) is 57.0 Å². The molecule has 0 aliphatic rings. The van der Waals surface area contributed by atoms with E-state index >= 15 is 0 Å². The van der Waals surface area contributed by atoms with Gasteiger partial charge in [0.25, 0.3) is 11.8 Å². The van der Waals surface area contributed by atoms with Crippen LogP contribution in [0.15, 0.2) is 36.4 Å². The molecule has 0 saturated heterocycles. The Kier molecular flexibility index (Phi) is 5.64. The van der Waals surface area contributed by atoms with Crippen LogP contribution in [0.25, 0.3) is 0 Å². The fourth-order valence-corrected chi connectivity index (χ4v) is 2.88. The van der Waals surface area contributed by atoms with E-state index in [2.05, 4.69) is 5.32 Å². The molecule has 126 valence electrons. The van der Waals surface area contributed by atoms with Gasteiger partial charge in [0.15, 0.2) is 0 Å². The Balaban J connectivity index is 2.15. The fraction of sp³-hybridized carbons (Fsp3) is 0.250. The number of anilines is 1. The van der Waals surface area contributed by atoms with Gasteiger partial charge < -0.3 is 10.2 Å². The molecule has 0 aliphatic heterocycles. The quantitative estimate of drug-likeness (QED) is 0.640. The second-order valence-corrected chi connectivity index (χ2v) is 5.97. The first-order chi connectivity index (χ1) is 11.5. The van der Waals surface area contributed by atoms with Gasteiger partial charge in [-0.2, -0.15) is 0 Å². The molecule has 1 aromatic heterocycles. The number of hydrogen-bond acceptors (Lipinski definition) is 5. The lowest BCUT2D eigenvalue weighted by Gasteiger charge is -2.18. The fourth-order valence-electron chi connectivity index (χ4n) is 2.16. The van der Waals surface area contributed by atoms with Gasteiger partial charge in [0.2, 0.25) is 0 Å². The first kappa shape index (κ1) is 17.6. The zero-order valence-electron chi connectivity index (χ0n) is 13.3. The van der Waals surface area contributed by atoms with Crippen molar-refractivity contribution in [3.8, 4) is 0 Å². The topological polar surface area (TPSA) is 92.6 Å². The van der Waals surface area contributed by atoms with Gasteiger partial charge in [-0.05, 0) is 38.1 Å². The summed E-state index contributed by atoms with van der Waals surface area (Å²) in [6.45, 7) is 5.00. The Morgan fingerprint density at radius 1 is 1.21 bits per heavy atom. The third-order valence-corrected chi connectivity index (χ3v) is 4.45. The number of rotatable bonds is 6. The number of nitrogens with zero attached hydrogens (tertiary/aromatic N) is 2. The molecular weight excluding hydrogens is 330 g/mol. The van der Waals surface area contributed by atoms with Crippen molar-refractivity contribution in [1.29, 1.82) is 0 Å².